The number of anilines is 1. The predicted molar refractivity (Wildman–Crippen MR) is 151 cm³/mol. The van der Waals surface area contributed by atoms with Crippen molar-refractivity contribution in [2.45, 2.75) is 31.7 Å². The highest BCUT2D eigenvalue weighted by Gasteiger charge is 2.30. The molecular formula is C31H32N2O4S. The van der Waals surface area contributed by atoms with E-state index in [2.05, 4.69) is 5.32 Å². The number of benzene rings is 4. The fraction of sp³-hybridized carbons (Fsp3) is 0.194. The third-order valence-corrected chi connectivity index (χ3v) is 8.21. The number of nitrogens with zero attached hydrogens (tertiary/aromatic N) is 1. The number of carbonyl (C=O) groups is 1. The fourth-order valence-corrected chi connectivity index (χ4v) is 5.79. The van der Waals surface area contributed by atoms with E-state index in [1.807, 2.05) is 81.4 Å². The number of hydrogen-bond donors (Lipinski definition) is 1. The van der Waals surface area contributed by atoms with Gasteiger partial charge in [0.1, 0.15) is 12.3 Å². The maximum absolute atomic E-state index is 13.9. The zero-order valence-corrected chi connectivity index (χ0v) is 22.8. The molecule has 0 aromatic heterocycles. The van der Waals surface area contributed by atoms with E-state index in [1.165, 1.54) is 7.11 Å². The first-order chi connectivity index (χ1) is 18.2. The van der Waals surface area contributed by atoms with Gasteiger partial charge in [-0.3, -0.25) is 9.10 Å². The van der Waals surface area contributed by atoms with Crippen LogP contribution in [0.25, 0.3) is 0 Å². The monoisotopic (exact) mass is 528 g/mol. The lowest BCUT2D eigenvalue weighted by atomic mass is 9.95. The first-order valence-corrected chi connectivity index (χ1v) is 13.8. The third kappa shape index (κ3) is 5.89. The summed E-state index contributed by atoms with van der Waals surface area (Å²) in [4.78, 5) is 13.7. The maximum atomic E-state index is 13.9. The Balaban J connectivity index is 1.75. The molecule has 7 heteroatoms. The van der Waals surface area contributed by atoms with Crippen LogP contribution in [-0.4, -0.2) is 28.0 Å². The SMILES string of the molecule is COc1ccc(C)cc1N(CC(=O)N[C@@H](c1ccccc1)c1ccccc1C)S(=O)(=O)c1ccc(C)cc1. The van der Waals surface area contributed by atoms with Gasteiger partial charge < -0.3 is 10.1 Å². The van der Waals surface area contributed by atoms with E-state index >= 15 is 0 Å². The summed E-state index contributed by atoms with van der Waals surface area (Å²) < 4.78 is 34.5. The first-order valence-electron chi connectivity index (χ1n) is 12.3. The van der Waals surface area contributed by atoms with Crippen LogP contribution in [0.4, 0.5) is 5.69 Å². The normalized spacial score (nSPS) is 12.0. The molecular weight excluding hydrogens is 496 g/mol. The standard InChI is InChI=1S/C31H32N2O4S/c1-22-14-17-26(18-15-22)38(35,36)33(28-20-23(2)16-19-29(28)37-4)21-30(34)32-31(25-11-6-5-7-12-25)27-13-9-8-10-24(27)3/h5-20,31H,21H2,1-4H3,(H,32,34)/t31-/m0/s1. The number of aryl methyl sites for hydroxylation is 3. The van der Waals surface area contributed by atoms with Crippen LogP contribution in [0.1, 0.15) is 33.9 Å². The third-order valence-electron chi connectivity index (χ3n) is 6.44. The molecule has 4 aromatic rings. The topological polar surface area (TPSA) is 75.7 Å². The van der Waals surface area contributed by atoms with E-state index < -0.39 is 28.5 Å². The Hall–Kier alpha value is -4.10. The smallest absolute Gasteiger partial charge is 0.264 e. The second kappa shape index (κ2) is 11.5. The molecule has 0 fully saturated rings. The van der Waals surface area contributed by atoms with E-state index in [-0.39, 0.29) is 4.90 Å². The summed E-state index contributed by atoms with van der Waals surface area (Å²) >= 11 is 0. The van der Waals surface area contributed by atoms with E-state index in [0.717, 1.165) is 32.1 Å². The molecule has 0 radical (unpaired) electrons. The molecule has 1 atom stereocenters. The molecule has 0 unspecified atom stereocenters. The number of rotatable bonds is 9. The molecule has 0 bridgehead atoms. The van der Waals surface area contributed by atoms with Gasteiger partial charge in [0.2, 0.25) is 5.91 Å². The summed E-state index contributed by atoms with van der Waals surface area (Å²) in [7, 11) is -2.62. The zero-order valence-electron chi connectivity index (χ0n) is 22.0. The van der Waals surface area contributed by atoms with Crippen molar-refractivity contribution in [2.24, 2.45) is 0 Å². The lowest BCUT2D eigenvalue weighted by Gasteiger charge is -2.28. The summed E-state index contributed by atoms with van der Waals surface area (Å²) in [5, 5.41) is 3.09. The number of methoxy groups -OCH3 is 1. The van der Waals surface area contributed by atoms with Gasteiger partial charge >= 0.3 is 0 Å². The number of amides is 1. The molecule has 0 saturated carbocycles. The molecule has 1 N–H and O–H groups in total. The van der Waals surface area contributed by atoms with Crippen molar-refractivity contribution >= 4 is 21.6 Å². The van der Waals surface area contributed by atoms with Gasteiger partial charge in [-0.2, -0.15) is 0 Å². The largest absolute Gasteiger partial charge is 0.495 e. The molecule has 196 valence electrons. The molecule has 0 aliphatic rings. The fourth-order valence-electron chi connectivity index (χ4n) is 4.37. The average molecular weight is 529 g/mol. The van der Waals surface area contributed by atoms with Crippen molar-refractivity contribution in [2.75, 3.05) is 18.0 Å². The van der Waals surface area contributed by atoms with Crippen LogP contribution in [-0.2, 0) is 14.8 Å². The first kappa shape index (κ1) is 26.9. The molecule has 0 heterocycles. The van der Waals surface area contributed by atoms with Crippen molar-refractivity contribution < 1.29 is 17.9 Å². The minimum absolute atomic E-state index is 0.0953. The average Bonchev–Trinajstić information content (AvgIpc) is 2.91. The van der Waals surface area contributed by atoms with Crippen LogP contribution in [0.2, 0.25) is 0 Å². The van der Waals surface area contributed by atoms with Gasteiger partial charge in [-0.25, -0.2) is 8.42 Å². The second-order valence-electron chi connectivity index (χ2n) is 9.27. The molecule has 0 aliphatic carbocycles. The Morgan fingerprint density at radius 2 is 1.47 bits per heavy atom. The van der Waals surface area contributed by atoms with E-state index in [9.17, 15) is 13.2 Å². The summed E-state index contributed by atoms with van der Waals surface area (Å²) in [6.45, 7) is 5.32. The van der Waals surface area contributed by atoms with Gasteiger partial charge in [-0.05, 0) is 67.3 Å². The Kier molecular flexibility index (Phi) is 8.17. The second-order valence-corrected chi connectivity index (χ2v) is 11.1. The summed E-state index contributed by atoms with van der Waals surface area (Å²) in [6, 6.07) is 28.9. The molecule has 6 nitrogen and oxygen atoms in total. The Bertz CT molecular complexity index is 1520. The molecule has 4 rings (SSSR count). The highest BCUT2D eigenvalue weighted by Crippen LogP contribution is 2.34. The molecule has 0 spiro atoms. The van der Waals surface area contributed by atoms with Crippen molar-refractivity contribution in [3.05, 3.63) is 125 Å². The minimum atomic E-state index is -4.10. The van der Waals surface area contributed by atoms with Crippen molar-refractivity contribution in [1.82, 2.24) is 5.32 Å². The van der Waals surface area contributed by atoms with E-state index in [0.29, 0.717) is 11.4 Å². The lowest BCUT2D eigenvalue weighted by Crippen LogP contribution is -2.42. The predicted octanol–water partition coefficient (Wildman–Crippen LogP) is 5.72. The van der Waals surface area contributed by atoms with Crippen LogP contribution < -0.4 is 14.4 Å². The van der Waals surface area contributed by atoms with E-state index in [1.54, 1.807) is 36.4 Å². The Morgan fingerprint density at radius 1 is 0.842 bits per heavy atom. The van der Waals surface area contributed by atoms with Gasteiger partial charge in [-0.15, -0.1) is 0 Å². The molecule has 0 aliphatic heterocycles. The highest BCUT2D eigenvalue weighted by atomic mass is 32.2. The summed E-state index contributed by atoms with van der Waals surface area (Å²) in [5.74, 6) is -0.0843. The lowest BCUT2D eigenvalue weighted by molar-refractivity contribution is -0.120. The van der Waals surface area contributed by atoms with Crippen molar-refractivity contribution in [3.63, 3.8) is 0 Å². The molecule has 38 heavy (non-hydrogen) atoms. The van der Waals surface area contributed by atoms with Crippen LogP contribution in [0, 0.1) is 20.8 Å². The number of ether oxygens (including phenoxy) is 1. The Morgan fingerprint density at radius 3 is 2.13 bits per heavy atom. The van der Waals surface area contributed by atoms with Gasteiger partial charge in [0, 0.05) is 0 Å². The summed E-state index contributed by atoms with van der Waals surface area (Å²) in [6.07, 6.45) is 0. The van der Waals surface area contributed by atoms with Crippen LogP contribution in [0.3, 0.4) is 0 Å². The van der Waals surface area contributed by atoms with Crippen LogP contribution in [0.15, 0.2) is 102 Å². The van der Waals surface area contributed by atoms with E-state index in [4.69, 9.17) is 4.74 Å². The number of nitrogens with one attached hydrogen (secondary N) is 1. The van der Waals surface area contributed by atoms with Crippen LogP contribution >= 0.6 is 0 Å². The summed E-state index contributed by atoms with van der Waals surface area (Å²) in [5.41, 5.74) is 4.93. The zero-order chi connectivity index (χ0) is 27.3. The quantitative estimate of drug-likeness (QED) is 0.301. The molecule has 4 aromatic carbocycles. The number of hydrogen-bond acceptors (Lipinski definition) is 4. The number of carbonyl (C=O) groups excluding carboxylic acids is 1. The minimum Gasteiger partial charge on any atom is -0.495 e. The van der Waals surface area contributed by atoms with Gasteiger partial charge in [0.25, 0.3) is 10.0 Å². The molecule has 1 amide bonds. The van der Waals surface area contributed by atoms with Crippen molar-refractivity contribution in [3.8, 4) is 5.75 Å². The van der Waals surface area contributed by atoms with Gasteiger partial charge in [0.15, 0.2) is 0 Å². The molecule has 0 saturated heterocycles. The van der Waals surface area contributed by atoms with Gasteiger partial charge in [0.05, 0.1) is 23.7 Å². The number of sulfonamides is 1. The van der Waals surface area contributed by atoms with Gasteiger partial charge in [-0.1, -0.05) is 78.4 Å². The maximum Gasteiger partial charge on any atom is 0.264 e. The highest BCUT2D eigenvalue weighted by molar-refractivity contribution is 7.92. The van der Waals surface area contributed by atoms with Crippen LogP contribution in [0.5, 0.6) is 5.75 Å². The Labute approximate surface area is 225 Å². The van der Waals surface area contributed by atoms with Crippen molar-refractivity contribution in [1.29, 1.82) is 0 Å².